The number of aliphatic carboxylic acids is 1. The summed E-state index contributed by atoms with van der Waals surface area (Å²) in [5, 5.41) is 29.1. The molecule has 0 aromatic rings. The Bertz CT molecular complexity index is 463. The molecular formula is C20H33ClO5. The number of carboxylic acid groups (broad SMARTS) is 1. The van der Waals surface area contributed by atoms with E-state index >= 15 is 0 Å². The van der Waals surface area contributed by atoms with Gasteiger partial charge in [0.1, 0.15) is 0 Å². The number of hydrogen-bond donors (Lipinski definition) is 3. The van der Waals surface area contributed by atoms with E-state index in [1.54, 1.807) is 12.2 Å². The van der Waals surface area contributed by atoms with E-state index in [1.165, 1.54) is 0 Å². The predicted molar refractivity (Wildman–Crippen MR) is 102 cm³/mol. The van der Waals surface area contributed by atoms with Crippen LogP contribution in [-0.2, 0) is 9.59 Å². The second-order valence-corrected chi connectivity index (χ2v) is 8.20. The smallest absolute Gasteiger partial charge is 0.303 e. The lowest BCUT2D eigenvalue weighted by atomic mass is 9.88. The van der Waals surface area contributed by atoms with Crippen molar-refractivity contribution in [2.45, 2.75) is 88.7 Å². The molecule has 0 aromatic carbocycles. The summed E-state index contributed by atoms with van der Waals surface area (Å²) in [6.07, 6.45) is 8.80. The van der Waals surface area contributed by atoms with Gasteiger partial charge in [-0.25, -0.2) is 0 Å². The molecule has 1 unspecified atom stereocenters. The zero-order valence-electron chi connectivity index (χ0n) is 15.6. The van der Waals surface area contributed by atoms with E-state index in [0.717, 1.165) is 38.5 Å². The fourth-order valence-corrected chi connectivity index (χ4v) is 3.80. The van der Waals surface area contributed by atoms with E-state index in [1.807, 2.05) is 6.92 Å². The predicted octanol–water partition coefficient (Wildman–Crippen LogP) is 3.69. The molecule has 0 spiro atoms. The first-order valence-electron chi connectivity index (χ1n) is 9.74. The molecular weight excluding hydrogens is 356 g/mol. The minimum atomic E-state index is -0.769. The molecule has 1 aliphatic rings. The van der Waals surface area contributed by atoms with E-state index in [2.05, 4.69) is 0 Å². The highest BCUT2D eigenvalue weighted by Crippen LogP contribution is 2.37. The molecule has 1 fully saturated rings. The van der Waals surface area contributed by atoms with Crippen molar-refractivity contribution in [1.82, 2.24) is 0 Å². The lowest BCUT2D eigenvalue weighted by Crippen LogP contribution is -2.20. The highest BCUT2D eigenvalue weighted by molar-refractivity contribution is 6.20. The maximum atomic E-state index is 11.9. The Kier molecular flexibility index (Phi) is 11.1. The van der Waals surface area contributed by atoms with Crippen LogP contribution in [-0.4, -0.2) is 44.7 Å². The summed E-state index contributed by atoms with van der Waals surface area (Å²) in [4.78, 5) is 22.4. The summed E-state index contributed by atoms with van der Waals surface area (Å²) in [7, 11) is 0. The number of carbonyl (C=O) groups is 2. The number of aliphatic hydroxyl groups is 2. The van der Waals surface area contributed by atoms with Gasteiger partial charge in [0.25, 0.3) is 0 Å². The third-order valence-corrected chi connectivity index (χ3v) is 5.34. The van der Waals surface area contributed by atoms with Crippen molar-refractivity contribution in [3.63, 3.8) is 0 Å². The zero-order chi connectivity index (χ0) is 19.5. The van der Waals surface area contributed by atoms with Gasteiger partial charge in [0.2, 0.25) is 0 Å². The maximum absolute atomic E-state index is 11.9. The number of ketones is 1. The molecule has 0 bridgehead atoms. The summed E-state index contributed by atoms with van der Waals surface area (Å²) in [6, 6.07) is 0. The van der Waals surface area contributed by atoms with Gasteiger partial charge in [-0.05, 0) is 44.6 Å². The maximum Gasteiger partial charge on any atom is 0.303 e. The number of unbranched alkanes of at least 4 members (excludes halogenated alkanes) is 3. The van der Waals surface area contributed by atoms with Crippen LogP contribution in [0.5, 0.6) is 0 Å². The van der Waals surface area contributed by atoms with Crippen molar-refractivity contribution < 1.29 is 24.9 Å². The first kappa shape index (κ1) is 23.1. The molecule has 5 atom stereocenters. The quantitative estimate of drug-likeness (QED) is 0.254. The Morgan fingerprint density at radius 2 is 1.77 bits per heavy atom. The summed E-state index contributed by atoms with van der Waals surface area (Å²) in [5.74, 6) is -0.977. The Morgan fingerprint density at radius 1 is 1.08 bits per heavy atom. The molecule has 1 aliphatic carbocycles. The van der Waals surface area contributed by atoms with Gasteiger partial charge in [-0.2, -0.15) is 0 Å². The minimum Gasteiger partial charge on any atom is -0.481 e. The van der Waals surface area contributed by atoms with Gasteiger partial charge >= 0.3 is 5.97 Å². The number of aliphatic hydroxyl groups excluding tert-OH is 2. The summed E-state index contributed by atoms with van der Waals surface area (Å²) in [6.45, 7) is 1.91. The molecule has 0 saturated heterocycles. The third kappa shape index (κ3) is 9.15. The Hall–Kier alpha value is -0.910. The lowest BCUT2D eigenvalue weighted by Gasteiger charge is -2.20. The summed E-state index contributed by atoms with van der Waals surface area (Å²) < 4.78 is 0. The standard InChI is InChI=1S/C20H33ClO5/c1-14(21)7-6-8-15(22)11-12-17-16(18(23)13-19(17)24)9-4-2-3-5-10-20(25)26/h11-12,14,16-19,23-24H,2-10,13H2,1H3,(H,25,26)/t14?,16-,17-,18+,19-/m0/s1. The Morgan fingerprint density at radius 3 is 2.42 bits per heavy atom. The molecule has 26 heavy (non-hydrogen) atoms. The van der Waals surface area contributed by atoms with Crippen molar-refractivity contribution in [2.24, 2.45) is 11.8 Å². The van der Waals surface area contributed by atoms with E-state index in [-0.39, 0.29) is 29.4 Å². The zero-order valence-corrected chi connectivity index (χ0v) is 16.4. The number of rotatable bonds is 13. The van der Waals surface area contributed by atoms with Gasteiger partial charge < -0.3 is 15.3 Å². The molecule has 6 heteroatoms. The SMILES string of the molecule is CC(Cl)CCCC(=O)C=C[C@H]1[C@H](CCCCCCC(=O)O)[C@H](O)C[C@@H]1O. The van der Waals surface area contributed by atoms with Crippen LogP contribution in [0.15, 0.2) is 12.2 Å². The Labute approximate surface area is 161 Å². The first-order valence-corrected chi connectivity index (χ1v) is 10.2. The molecule has 1 rings (SSSR count). The molecule has 150 valence electrons. The average molecular weight is 389 g/mol. The fraction of sp³-hybridized carbons (Fsp3) is 0.800. The number of alkyl halides is 1. The first-order chi connectivity index (χ1) is 12.3. The second-order valence-electron chi connectivity index (χ2n) is 7.46. The van der Waals surface area contributed by atoms with Crippen molar-refractivity contribution in [2.75, 3.05) is 0 Å². The molecule has 5 nitrogen and oxygen atoms in total. The van der Waals surface area contributed by atoms with Crippen molar-refractivity contribution in [1.29, 1.82) is 0 Å². The van der Waals surface area contributed by atoms with Crippen molar-refractivity contribution >= 4 is 23.4 Å². The molecule has 0 radical (unpaired) electrons. The number of allylic oxidation sites excluding steroid dienone is 1. The van der Waals surface area contributed by atoms with E-state index in [9.17, 15) is 19.8 Å². The van der Waals surface area contributed by atoms with E-state index < -0.39 is 18.2 Å². The molecule has 0 amide bonds. The second kappa shape index (κ2) is 12.5. The van der Waals surface area contributed by atoms with Gasteiger partial charge in [0.15, 0.2) is 5.78 Å². The van der Waals surface area contributed by atoms with E-state index in [4.69, 9.17) is 16.7 Å². The molecule has 3 N–H and O–H groups in total. The van der Waals surface area contributed by atoms with Gasteiger partial charge in [-0.15, -0.1) is 11.6 Å². The van der Waals surface area contributed by atoms with Crippen molar-refractivity contribution in [3.05, 3.63) is 12.2 Å². The highest BCUT2D eigenvalue weighted by Gasteiger charge is 2.39. The third-order valence-electron chi connectivity index (χ3n) is 5.12. The van der Waals surface area contributed by atoms with Crippen LogP contribution in [0.2, 0.25) is 0 Å². The minimum absolute atomic E-state index is 0.0309. The van der Waals surface area contributed by atoms with Crippen LogP contribution >= 0.6 is 11.6 Å². The molecule has 0 aliphatic heterocycles. The topological polar surface area (TPSA) is 94.8 Å². The Balaban J connectivity index is 2.39. The molecule has 0 heterocycles. The van der Waals surface area contributed by atoms with Gasteiger partial charge in [0.05, 0.1) is 12.2 Å². The van der Waals surface area contributed by atoms with Crippen LogP contribution in [0, 0.1) is 11.8 Å². The number of carbonyl (C=O) groups excluding carboxylic acids is 1. The number of carboxylic acids is 1. The summed E-state index contributed by atoms with van der Waals surface area (Å²) >= 11 is 5.87. The fourth-order valence-electron chi connectivity index (χ4n) is 3.65. The number of halogens is 1. The van der Waals surface area contributed by atoms with Gasteiger partial charge in [0, 0.05) is 30.6 Å². The number of hydrogen-bond acceptors (Lipinski definition) is 4. The van der Waals surface area contributed by atoms with Crippen LogP contribution in [0.1, 0.15) is 71.1 Å². The molecule has 1 saturated carbocycles. The normalized spacial score (nSPS) is 27.1. The summed E-state index contributed by atoms with van der Waals surface area (Å²) in [5.41, 5.74) is 0. The largest absolute Gasteiger partial charge is 0.481 e. The highest BCUT2D eigenvalue weighted by atomic mass is 35.5. The van der Waals surface area contributed by atoms with Crippen LogP contribution in [0.4, 0.5) is 0 Å². The van der Waals surface area contributed by atoms with Gasteiger partial charge in [-0.3, -0.25) is 9.59 Å². The van der Waals surface area contributed by atoms with Crippen molar-refractivity contribution in [3.8, 4) is 0 Å². The van der Waals surface area contributed by atoms with E-state index in [0.29, 0.717) is 19.3 Å². The van der Waals surface area contributed by atoms with Crippen LogP contribution in [0.25, 0.3) is 0 Å². The van der Waals surface area contributed by atoms with Crippen LogP contribution in [0.3, 0.4) is 0 Å². The molecule has 0 aromatic heterocycles. The average Bonchev–Trinajstić information content (AvgIpc) is 2.81. The van der Waals surface area contributed by atoms with Crippen LogP contribution < -0.4 is 0 Å². The van der Waals surface area contributed by atoms with Gasteiger partial charge in [-0.1, -0.05) is 25.3 Å². The lowest BCUT2D eigenvalue weighted by molar-refractivity contribution is -0.137. The monoisotopic (exact) mass is 388 g/mol.